The predicted molar refractivity (Wildman–Crippen MR) is 112 cm³/mol. The van der Waals surface area contributed by atoms with Gasteiger partial charge in [-0.3, -0.25) is 0 Å². The fraction of sp³-hybridized carbons (Fsp3) is 1.00. The summed E-state index contributed by atoms with van der Waals surface area (Å²) in [7, 11) is -0.563. The van der Waals surface area contributed by atoms with E-state index < -0.39 is 29.2 Å². The average molecular weight is 451 g/mol. The van der Waals surface area contributed by atoms with E-state index in [9.17, 15) is 4.21 Å². The topological polar surface area (TPSA) is 17.1 Å². The van der Waals surface area contributed by atoms with Crippen LogP contribution in [-0.2, 0) is 10.8 Å². The van der Waals surface area contributed by atoms with E-state index in [-0.39, 0.29) is 0 Å². The van der Waals surface area contributed by atoms with Crippen molar-refractivity contribution in [1.82, 2.24) is 0 Å². The summed E-state index contributed by atoms with van der Waals surface area (Å²) in [4.78, 5) is 0. The van der Waals surface area contributed by atoms with Crippen LogP contribution in [0.4, 0.5) is 0 Å². The van der Waals surface area contributed by atoms with Crippen molar-refractivity contribution in [2.75, 3.05) is 10.0 Å². The van der Waals surface area contributed by atoms with E-state index >= 15 is 0 Å². The Labute approximate surface area is 154 Å². The van der Waals surface area contributed by atoms with Crippen LogP contribution in [0.1, 0.15) is 97.8 Å². The van der Waals surface area contributed by atoms with E-state index in [1.807, 2.05) is 6.26 Å². The summed E-state index contributed by atoms with van der Waals surface area (Å²) in [5.41, 5.74) is 0. The van der Waals surface area contributed by atoms with E-state index in [1.54, 1.807) is 0 Å². The van der Waals surface area contributed by atoms with Crippen LogP contribution in [0.5, 0.6) is 0 Å². The van der Waals surface area contributed by atoms with Crippen molar-refractivity contribution >= 4 is 29.2 Å². The Kier molecular flexibility index (Phi) is 17.1. The molecule has 0 saturated heterocycles. The van der Waals surface area contributed by atoms with Gasteiger partial charge in [0.2, 0.25) is 0 Å². The second-order valence-corrected chi connectivity index (χ2v) is 24.4. The third kappa shape index (κ3) is 13.9. The van der Waals surface area contributed by atoms with E-state index in [1.165, 1.54) is 90.4 Å². The number of rotatable bonds is 17. The van der Waals surface area contributed by atoms with Gasteiger partial charge >= 0.3 is 155 Å². The van der Waals surface area contributed by atoms with Crippen LogP contribution in [0.25, 0.3) is 0 Å². The number of unbranched alkanes of at least 4 members (excludes halogenated alkanes) is 9. The fourth-order valence-corrected chi connectivity index (χ4v) is 26.9. The average Bonchev–Trinajstić information content (AvgIpc) is 2.52. The molecule has 0 aliphatic carbocycles. The third-order valence-corrected chi connectivity index (χ3v) is 27.0. The molecule has 0 fully saturated rings. The molecule has 1 nitrogen and oxygen atoms in total. The number of hydrogen-bond donors (Lipinski definition) is 0. The van der Waals surface area contributed by atoms with Crippen molar-refractivity contribution in [2.45, 2.75) is 111 Å². The van der Waals surface area contributed by atoms with Gasteiger partial charge in [0.15, 0.2) is 0 Å². The van der Waals surface area contributed by atoms with E-state index in [0.29, 0.717) is 0 Å². The third-order valence-electron chi connectivity index (χ3n) is 5.19. The molecule has 140 valence electrons. The van der Waals surface area contributed by atoms with Crippen molar-refractivity contribution in [2.24, 2.45) is 0 Å². The molecule has 0 radical (unpaired) electrons. The molecule has 0 rings (SSSR count). The van der Waals surface area contributed by atoms with Gasteiger partial charge in [-0.2, -0.15) is 0 Å². The molecule has 0 heterocycles. The molecule has 0 bridgehead atoms. The SMILES string of the molecule is CCCCC[CH2][Sn]([CH2]CCCCC)([CH2]CCCCC)[CH2]S(C)=O. The van der Waals surface area contributed by atoms with Gasteiger partial charge < -0.3 is 0 Å². The molecule has 0 spiro atoms. The van der Waals surface area contributed by atoms with Crippen molar-refractivity contribution in [1.29, 1.82) is 0 Å². The Morgan fingerprint density at radius 1 is 0.609 bits per heavy atom. The second kappa shape index (κ2) is 16.4. The molecular formula is C20H44OSSn. The van der Waals surface area contributed by atoms with Gasteiger partial charge in [-0.05, 0) is 0 Å². The first-order valence-corrected chi connectivity index (χ1v) is 20.2. The number of hydrogen-bond acceptors (Lipinski definition) is 1. The van der Waals surface area contributed by atoms with Gasteiger partial charge in [0.1, 0.15) is 0 Å². The van der Waals surface area contributed by atoms with E-state index in [4.69, 9.17) is 0 Å². The van der Waals surface area contributed by atoms with Crippen molar-refractivity contribution in [3.8, 4) is 0 Å². The van der Waals surface area contributed by atoms with Gasteiger partial charge in [0.25, 0.3) is 0 Å². The Hall–Kier alpha value is 0.949. The first kappa shape index (κ1) is 23.9. The zero-order chi connectivity index (χ0) is 17.4. The van der Waals surface area contributed by atoms with Gasteiger partial charge in [-0.1, -0.05) is 0 Å². The summed E-state index contributed by atoms with van der Waals surface area (Å²) in [5.74, 6) is 0. The fourth-order valence-electron chi connectivity index (χ4n) is 3.80. The second-order valence-electron chi connectivity index (χ2n) is 7.65. The van der Waals surface area contributed by atoms with Crippen LogP contribution >= 0.6 is 0 Å². The Morgan fingerprint density at radius 2 is 0.957 bits per heavy atom. The van der Waals surface area contributed by atoms with Crippen molar-refractivity contribution in [3.63, 3.8) is 0 Å². The molecule has 0 amide bonds. The first-order valence-electron chi connectivity index (χ1n) is 10.4. The van der Waals surface area contributed by atoms with E-state index in [2.05, 4.69) is 20.8 Å². The Balaban J connectivity index is 4.61. The zero-order valence-electron chi connectivity index (χ0n) is 16.6. The quantitative estimate of drug-likeness (QED) is 0.170. The van der Waals surface area contributed by atoms with Crippen LogP contribution < -0.4 is 0 Å². The molecule has 0 aromatic heterocycles. The molecule has 3 heteroatoms. The predicted octanol–water partition coefficient (Wildman–Crippen LogP) is 7.09. The van der Waals surface area contributed by atoms with Crippen LogP contribution in [0.3, 0.4) is 0 Å². The molecule has 0 N–H and O–H groups in total. The van der Waals surface area contributed by atoms with Crippen molar-refractivity contribution in [3.05, 3.63) is 0 Å². The van der Waals surface area contributed by atoms with Crippen LogP contribution in [0, 0.1) is 0 Å². The maximum atomic E-state index is 12.1. The standard InChI is InChI=1S/3C6H13.C2H5OS.Sn/c3*1-3-5-6-4-2;1-4(2)3;/h3*1,3-6H2,2H3;1H2,2H3;. The summed E-state index contributed by atoms with van der Waals surface area (Å²) in [6.45, 7) is 6.90. The van der Waals surface area contributed by atoms with Gasteiger partial charge in [-0.15, -0.1) is 0 Å². The first-order chi connectivity index (χ1) is 11.1. The van der Waals surface area contributed by atoms with Crippen LogP contribution in [0.2, 0.25) is 13.3 Å². The molecule has 0 aliphatic rings. The molecule has 1 atom stereocenters. The summed E-state index contributed by atoms with van der Waals surface area (Å²) in [6, 6.07) is 0. The molecule has 0 aliphatic heterocycles. The Bertz CT molecular complexity index is 250. The van der Waals surface area contributed by atoms with E-state index in [0.717, 1.165) is 3.77 Å². The normalized spacial score (nSPS) is 13.4. The monoisotopic (exact) mass is 452 g/mol. The summed E-state index contributed by atoms with van der Waals surface area (Å²) < 4.78 is 17.8. The summed E-state index contributed by atoms with van der Waals surface area (Å²) in [6.07, 6.45) is 18.7. The summed E-state index contributed by atoms with van der Waals surface area (Å²) in [5, 5.41) is 0. The molecule has 0 aromatic carbocycles. The maximum absolute atomic E-state index is 12.1. The minimum absolute atomic E-state index is 0.563. The van der Waals surface area contributed by atoms with Gasteiger partial charge in [-0.25, -0.2) is 0 Å². The zero-order valence-corrected chi connectivity index (χ0v) is 20.3. The summed E-state index contributed by atoms with van der Waals surface area (Å²) >= 11 is -2.17. The molecule has 0 saturated carbocycles. The molecule has 0 aromatic rings. The van der Waals surface area contributed by atoms with Gasteiger partial charge in [0, 0.05) is 0 Å². The van der Waals surface area contributed by atoms with Crippen LogP contribution in [0.15, 0.2) is 0 Å². The van der Waals surface area contributed by atoms with Gasteiger partial charge in [0.05, 0.1) is 0 Å². The van der Waals surface area contributed by atoms with Crippen molar-refractivity contribution < 1.29 is 4.21 Å². The minimum atomic E-state index is -2.17. The van der Waals surface area contributed by atoms with Crippen LogP contribution in [-0.4, -0.2) is 32.6 Å². The Morgan fingerprint density at radius 3 is 1.22 bits per heavy atom. The molecule has 1 unspecified atom stereocenters. The molecule has 23 heavy (non-hydrogen) atoms. The molecular weight excluding hydrogens is 407 g/mol.